The number of nitriles is 1. The van der Waals surface area contributed by atoms with Crippen molar-refractivity contribution < 1.29 is 13.6 Å². The molecule has 0 N–H and O–H groups in total. The first-order chi connectivity index (χ1) is 4.18. The van der Waals surface area contributed by atoms with Gasteiger partial charge >= 0.3 is 7.00 Å². The fourth-order valence-electron chi connectivity index (χ4n) is 0.290. The van der Waals surface area contributed by atoms with Crippen LogP contribution in [0.5, 0.6) is 0 Å². The van der Waals surface area contributed by atoms with Crippen LogP contribution in [0.4, 0.5) is 0 Å². The Bertz CT molecular complexity index is 157. The lowest BCUT2D eigenvalue weighted by molar-refractivity contribution is 0.293. The van der Waals surface area contributed by atoms with E-state index in [0.717, 1.165) is 0 Å². The van der Waals surface area contributed by atoms with Crippen LogP contribution in [0.3, 0.4) is 0 Å². The number of hydrogen-bond donors (Lipinski definition) is 0. The van der Waals surface area contributed by atoms with Crippen LogP contribution in [0.1, 0.15) is 0 Å². The molecule has 0 radical (unpaired) electrons. The van der Waals surface area contributed by atoms with Gasteiger partial charge in [0.25, 0.3) is 7.47 Å². The molecule has 0 spiro atoms. The molecule has 0 aromatic rings. The number of nitrogens with zero attached hydrogens (tertiary/aromatic N) is 1. The standard InChI is InChI=1S/C3H7BNO3P/c1-7-9(6,8-2)4-3-5/h4H,1-2H3. The maximum atomic E-state index is 10.9. The molecule has 0 aliphatic heterocycles. The second kappa shape index (κ2) is 3.68. The molecule has 50 valence electrons. The summed E-state index contributed by atoms with van der Waals surface area (Å²) in [6.07, 6.45) is 0. The van der Waals surface area contributed by atoms with E-state index in [1.165, 1.54) is 14.2 Å². The molecular weight excluding hydrogens is 140 g/mol. The highest BCUT2D eigenvalue weighted by Gasteiger charge is 2.21. The lowest BCUT2D eigenvalue weighted by Crippen LogP contribution is -1.94. The van der Waals surface area contributed by atoms with Crippen molar-refractivity contribution in [3.8, 4) is 5.97 Å². The zero-order valence-corrected chi connectivity index (χ0v) is 6.22. The Balaban J connectivity index is 3.98. The minimum atomic E-state index is -3.04. The summed E-state index contributed by atoms with van der Waals surface area (Å²) in [6.45, 7) is -0.194. The third-order valence-corrected chi connectivity index (χ3v) is 2.46. The summed E-state index contributed by atoms with van der Waals surface area (Å²) in [6, 6.07) is 0. The maximum Gasteiger partial charge on any atom is 0.390 e. The van der Waals surface area contributed by atoms with Crippen LogP contribution in [-0.4, -0.2) is 21.2 Å². The van der Waals surface area contributed by atoms with Gasteiger partial charge in [0, 0.05) is 20.2 Å². The molecule has 0 saturated carbocycles. The summed E-state index contributed by atoms with van der Waals surface area (Å²) >= 11 is 0. The Labute approximate surface area is 54.5 Å². The molecule has 0 saturated heterocycles. The highest BCUT2D eigenvalue weighted by Crippen LogP contribution is 2.43. The quantitative estimate of drug-likeness (QED) is 0.425. The van der Waals surface area contributed by atoms with Crippen LogP contribution in [0.15, 0.2) is 0 Å². The van der Waals surface area contributed by atoms with Crippen LogP contribution in [0.25, 0.3) is 0 Å². The Hall–Kier alpha value is -0.295. The van der Waals surface area contributed by atoms with E-state index in [1.54, 1.807) is 5.97 Å². The first-order valence-corrected chi connectivity index (χ1v) is 3.99. The van der Waals surface area contributed by atoms with E-state index in [4.69, 9.17) is 5.26 Å². The molecule has 0 rings (SSSR count). The van der Waals surface area contributed by atoms with Gasteiger partial charge in [-0.25, -0.2) is 5.26 Å². The van der Waals surface area contributed by atoms with E-state index in [0.29, 0.717) is 0 Å². The molecule has 0 aliphatic rings. The molecule has 9 heavy (non-hydrogen) atoms. The van der Waals surface area contributed by atoms with Crippen molar-refractivity contribution in [3.05, 3.63) is 0 Å². The zero-order chi connectivity index (χ0) is 7.33. The molecule has 0 aromatic carbocycles. The van der Waals surface area contributed by atoms with Crippen LogP contribution < -0.4 is 0 Å². The van der Waals surface area contributed by atoms with Crippen molar-refractivity contribution in [2.45, 2.75) is 0 Å². The van der Waals surface area contributed by atoms with Gasteiger partial charge < -0.3 is 9.05 Å². The predicted octanol–water partition coefficient (Wildman–Crippen LogP) is 0.305. The average molecular weight is 147 g/mol. The lowest BCUT2D eigenvalue weighted by atomic mass is 10.2. The molecule has 0 aromatic heterocycles. The first kappa shape index (κ1) is 8.70. The summed E-state index contributed by atoms with van der Waals surface area (Å²) in [4.78, 5) is 0. The van der Waals surface area contributed by atoms with Gasteiger partial charge in [0.1, 0.15) is 0 Å². The Morgan fingerprint density at radius 2 is 2.00 bits per heavy atom. The minimum absolute atomic E-state index is 0.194. The van der Waals surface area contributed by atoms with Crippen molar-refractivity contribution in [2.75, 3.05) is 14.2 Å². The van der Waals surface area contributed by atoms with Crippen molar-refractivity contribution >= 4 is 14.5 Å². The monoisotopic (exact) mass is 147 g/mol. The highest BCUT2D eigenvalue weighted by atomic mass is 31.2. The summed E-state index contributed by atoms with van der Waals surface area (Å²) < 4.78 is 19.8. The third kappa shape index (κ3) is 2.66. The molecule has 0 aliphatic carbocycles. The number of hydrogen-bond acceptors (Lipinski definition) is 4. The summed E-state index contributed by atoms with van der Waals surface area (Å²) in [7, 11) is -0.539. The smallest absolute Gasteiger partial charge is 0.319 e. The van der Waals surface area contributed by atoms with Crippen LogP contribution in [0.2, 0.25) is 0 Å². The van der Waals surface area contributed by atoms with E-state index in [-0.39, 0.29) is 7.00 Å². The van der Waals surface area contributed by atoms with Gasteiger partial charge in [0.05, 0.1) is 0 Å². The average Bonchev–Trinajstić information content (AvgIpc) is 1.89. The van der Waals surface area contributed by atoms with Gasteiger partial charge in [0.2, 0.25) is 0 Å². The Kier molecular flexibility index (Phi) is 3.56. The van der Waals surface area contributed by atoms with Gasteiger partial charge in [-0.3, -0.25) is 4.57 Å². The van der Waals surface area contributed by atoms with Crippen LogP contribution in [-0.2, 0) is 13.6 Å². The van der Waals surface area contributed by atoms with E-state index in [9.17, 15) is 4.57 Å². The molecule has 0 atom stereocenters. The van der Waals surface area contributed by atoms with Crippen molar-refractivity contribution in [3.63, 3.8) is 0 Å². The van der Waals surface area contributed by atoms with Crippen LogP contribution >= 0.6 is 7.47 Å². The summed E-state index contributed by atoms with van der Waals surface area (Å²) in [5, 5.41) is 8.08. The fourth-order valence-corrected chi connectivity index (χ4v) is 0.871. The molecule has 4 nitrogen and oxygen atoms in total. The van der Waals surface area contributed by atoms with Crippen molar-refractivity contribution in [1.29, 1.82) is 5.26 Å². The van der Waals surface area contributed by atoms with Gasteiger partial charge in [-0.2, -0.15) is 0 Å². The topological polar surface area (TPSA) is 59.3 Å². The van der Waals surface area contributed by atoms with E-state index < -0.39 is 7.47 Å². The predicted molar refractivity (Wildman–Crippen MR) is 34.4 cm³/mol. The molecule has 0 fully saturated rings. The molecule has 0 unspecified atom stereocenters. The lowest BCUT2D eigenvalue weighted by Gasteiger charge is -2.07. The zero-order valence-electron chi connectivity index (χ0n) is 5.33. The largest absolute Gasteiger partial charge is 0.390 e. The van der Waals surface area contributed by atoms with Crippen molar-refractivity contribution in [1.82, 2.24) is 0 Å². The van der Waals surface area contributed by atoms with Gasteiger partial charge in [-0.15, -0.1) is 0 Å². The van der Waals surface area contributed by atoms with Gasteiger partial charge in [0.15, 0.2) is 0 Å². The molecule has 6 heteroatoms. The minimum Gasteiger partial charge on any atom is -0.319 e. The molecule has 0 amide bonds. The van der Waals surface area contributed by atoms with E-state index >= 15 is 0 Å². The second-order valence-electron chi connectivity index (χ2n) is 1.29. The van der Waals surface area contributed by atoms with Gasteiger partial charge in [-0.05, 0) is 0 Å². The van der Waals surface area contributed by atoms with Crippen LogP contribution in [0, 0.1) is 11.2 Å². The fraction of sp³-hybridized carbons (Fsp3) is 0.667. The molecule has 0 heterocycles. The number of rotatable bonds is 3. The summed E-state index contributed by atoms with van der Waals surface area (Å²) in [5.41, 5.74) is 0. The van der Waals surface area contributed by atoms with Crippen molar-refractivity contribution in [2.24, 2.45) is 0 Å². The normalized spacial score (nSPS) is 10.3. The summed E-state index contributed by atoms with van der Waals surface area (Å²) in [5.74, 6) is 1.70. The second-order valence-corrected chi connectivity index (χ2v) is 3.56. The van der Waals surface area contributed by atoms with Gasteiger partial charge in [-0.1, -0.05) is 0 Å². The molecular formula is C3H7BNO3P. The third-order valence-electron chi connectivity index (χ3n) is 0.821. The first-order valence-electron chi connectivity index (χ1n) is 2.26. The SMILES string of the molecule is COP(=O)(BC#N)OC. The Morgan fingerprint density at radius 1 is 1.56 bits per heavy atom. The maximum absolute atomic E-state index is 10.9. The molecule has 0 bridgehead atoms. The Morgan fingerprint density at radius 3 is 2.11 bits per heavy atom. The van der Waals surface area contributed by atoms with E-state index in [1.807, 2.05) is 0 Å². The van der Waals surface area contributed by atoms with E-state index in [2.05, 4.69) is 9.05 Å². The highest BCUT2D eigenvalue weighted by molar-refractivity contribution is 7.84.